The molecule has 0 saturated heterocycles. The number of hydrogen-bond donors (Lipinski definition) is 2. The Hall–Kier alpha value is -1.03. The third kappa shape index (κ3) is 2.26. The fraction of sp³-hybridized carbons (Fsp3) is 0.429. The summed E-state index contributed by atoms with van der Waals surface area (Å²) >= 11 is 6.07. The number of benzene rings is 1. The van der Waals surface area contributed by atoms with Crippen molar-refractivity contribution in [2.75, 3.05) is 6.54 Å². The second-order valence-electron chi connectivity index (χ2n) is 5.20. The summed E-state index contributed by atoms with van der Waals surface area (Å²) in [4.78, 5) is 0. The largest absolute Gasteiger partial charge is 0.456 e. The van der Waals surface area contributed by atoms with E-state index < -0.39 is 5.60 Å². The Morgan fingerprint density at radius 1 is 1.50 bits per heavy atom. The monoisotopic (exact) mass is 265 g/mol. The predicted octanol–water partition coefficient (Wildman–Crippen LogP) is 3.05. The summed E-state index contributed by atoms with van der Waals surface area (Å²) in [5.74, 6) is 0.554. The van der Waals surface area contributed by atoms with Crippen molar-refractivity contribution < 1.29 is 9.52 Å². The van der Waals surface area contributed by atoms with E-state index in [0.29, 0.717) is 29.0 Å². The topological polar surface area (TPSA) is 45.4 Å². The van der Waals surface area contributed by atoms with Crippen LogP contribution in [-0.2, 0) is 5.60 Å². The molecule has 0 amide bonds. The molecule has 1 aromatic heterocycles. The third-order valence-corrected chi connectivity index (χ3v) is 3.64. The number of hydrogen-bond acceptors (Lipinski definition) is 3. The molecular formula is C14H16ClNO2. The third-order valence-electron chi connectivity index (χ3n) is 3.34. The number of rotatable bonds is 4. The van der Waals surface area contributed by atoms with E-state index in [4.69, 9.17) is 16.0 Å². The van der Waals surface area contributed by atoms with Crippen LogP contribution in [0, 0.1) is 0 Å². The van der Waals surface area contributed by atoms with Gasteiger partial charge in [-0.2, -0.15) is 0 Å². The van der Waals surface area contributed by atoms with Gasteiger partial charge in [-0.3, -0.25) is 0 Å². The van der Waals surface area contributed by atoms with Gasteiger partial charge in [-0.15, -0.1) is 0 Å². The van der Waals surface area contributed by atoms with E-state index in [2.05, 4.69) is 5.32 Å². The van der Waals surface area contributed by atoms with Gasteiger partial charge in [0.1, 0.15) is 11.4 Å². The highest BCUT2D eigenvalue weighted by Crippen LogP contribution is 2.32. The van der Waals surface area contributed by atoms with Crippen LogP contribution >= 0.6 is 11.6 Å². The van der Waals surface area contributed by atoms with E-state index in [-0.39, 0.29) is 0 Å². The highest BCUT2D eigenvalue weighted by Gasteiger charge is 2.31. The minimum Gasteiger partial charge on any atom is -0.456 e. The lowest BCUT2D eigenvalue weighted by atomic mass is 10.0. The molecule has 1 fully saturated rings. The number of furan rings is 1. The van der Waals surface area contributed by atoms with Crippen molar-refractivity contribution in [3.63, 3.8) is 0 Å². The summed E-state index contributed by atoms with van der Waals surface area (Å²) in [5.41, 5.74) is -0.369. The smallest absolute Gasteiger partial charge is 0.153 e. The summed E-state index contributed by atoms with van der Waals surface area (Å²) < 4.78 is 5.69. The average molecular weight is 266 g/mol. The molecule has 0 bridgehead atoms. The molecular weight excluding hydrogens is 250 g/mol. The van der Waals surface area contributed by atoms with Crippen LogP contribution in [0.25, 0.3) is 11.0 Å². The van der Waals surface area contributed by atoms with Crippen molar-refractivity contribution >= 4 is 22.6 Å². The molecule has 1 aliphatic carbocycles. The molecule has 1 saturated carbocycles. The lowest BCUT2D eigenvalue weighted by molar-refractivity contribution is 0.0355. The number of fused-ring (bicyclic) bond motifs is 1. The maximum absolute atomic E-state index is 10.5. The fourth-order valence-electron chi connectivity index (χ4n) is 2.01. The number of aliphatic hydroxyl groups is 1. The first kappa shape index (κ1) is 12.0. The van der Waals surface area contributed by atoms with Gasteiger partial charge in [-0.05, 0) is 31.9 Å². The molecule has 1 atom stereocenters. The van der Waals surface area contributed by atoms with E-state index >= 15 is 0 Å². The van der Waals surface area contributed by atoms with Crippen molar-refractivity contribution in [1.82, 2.24) is 5.32 Å². The molecule has 3 nitrogen and oxygen atoms in total. The van der Waals surface area contributed by atoms with E-state index in [0.717, 1.165) is 5.39 Å². The summed E-state index contributed by atoms with van der Waals surface area (Å²) in [7, 11) is 0. The predicted molar refractivity (Wildman–Crippen MR) is 71.8 cm³/mol. The van der Waals surface area contributed by atoms with Gasteiger partial charge < -0.3 is 14.8 Å². The SMILES string of the molecule is CC(O)(CNC1CC1)c1cc2cccc(Cl)c2o1. The Bertz CT molecular complexity index is 572. The van der Waals surface area contributed by atoms with Crippen molar-refractivity contribution in [3.05, 3.63) is 35.0 Å². The first-order valence-electron chi connectivity index (χ1n) is 6.20. The van der Waals surface area contributed by atoms with Gasteiger partial charge in [0.25, 0.3) is 0 Å². The number of para-hydroxylation sites is 1. The van der Waals surface area contributed by atoms with Crippen LogP contribution in [-0.4, -0.2) is 17.7 Å². The number of halogens is 1. The molecule has 0 aliphatic heterocycles. The molecule has 2 aromatic rings. The van der Waals surface area contributed by atoms with Crippen molar-refractivity contribution in [2.24, 2.45) is 0 Å². The van der Waals surface area contributed by atoms with Gasteiger partial charge in [0.05, 0.1) is 5.02 Å². The van der Waals surface area contributed by atoms with Crippen LogP contribution < -0.4 is 5.32 Å². The summed E-state index contributed by atoms with van der Waals surface area (Å²) in [6.45, 7) is 2.25. The lowest BCUT2D eigenvalue weighted by Crippen LogP contribution is -2.36. The average Bonchev–Trinajstić information content (AvgIpc) is 3.04. The van der Waals surface area contributed by atoms with Crippen molar-refractivity contribution in [3.8, 4) is 0 Å². The first-order chi connectivity index (χ1) is 8.56. The second-order valence-corrected chi connectivity index (χ2v) is 5.61. The highest BCUT2D eigenvalue weighted by atomic mass is 35.5. The molecule has 1 heterocycles. The number of nitrogens with one attached hydrogen (secondary N) is 1. The molecule has 3 rings (SSSR count). The van der Waals surface area contributed by atoms with E-state index in [9.17, 15) is 5.11 Å². The molecule has 0 radical (unpaired) electrons. The molecule has 96 valence electrons. The molecule has 4 heteroatoms. The summed E-state index contributed by atoms with van der Waals surface area (Å²) in [5, 5.41) is 15.3. The quantitative estimate of drug-likeness (QED) is 0.893. The first-order valence-corrected chi connectivity index (χ1v) is 6.58. The Morgan fingerprint density at radius 2 is 2.28 bits per heavy atom. The standard InChI is InChI=1S/C14H16ClNO2/c1-14(17,8-16-10-5-6-10)12-7-9-3-2-4-11(15)13(9)18-12/h2-4,7,10,16-17H,5-6,8H2,1H3. The van der Waals surface area contributed by atoms with Crippen LogP contribution in [0.2, 0.25) is 5.02 Å². The molecule has 18 heavy (non-hydrogen) atoms. The minimum atomic E-state index is -1.01. The Kier molecular flexibility index (Phi) is 2.85. The van der Waals surface area contributed by atoms with E-state index in [1.165, 1.54) is 12.8 Å². The van der Waals surface area contributed by atoms with Gasteiger partial charge >= 0.3 is 0 Å². The van der Waals surface area contributed by atoms with Gasteiger partial charge in [-0.1, -0.05) is 23.7 Å². The molecule has 0 spiro atoms. The van der Waals surface area contributed by atoms with Crippen LogP contribution in [0.3, 0.4) is 0 Å². The molecule has 1 unspecified atom stereocenters. The van der Waals surface area contributed by atoms with Crippen LogP contribution in [0.4, 0.5) is 0 Å². The van der Waals surface area contributed by atoms with Gasteiger partial charge in [0.15, 0.2) is 5.58 Å². The van der Waals surface area contributed by atoms with Gasteiger partial charge in [0, 0.05) is 18.0 Å². The zero-order valence-corrected chi connectivity index (χ0v) is 11.0. The Balaban J connectivity index is 1.89. The lowest BCUT2D eigenvalue weighted by Gasteiger charge is -2.21. The summed E-state index contributed by atoms with van der Waals surface area (Å²) in [6, 6.07) is 8.01. The maximum atomic E-state index is 10.5. The van der Waals surface area contributed by atoms with E-state index in [1.807, 2.05) is 18.2 Å². The summed E-state index contributed by atoms with van der Waals surface area (Å²) in [6.07, 6.45) is 2.39. The zero-order chi connectivity index (χ0) is 12.8. The fourth-order valence-corrected chi connectivity index (χ4v) is 2.23. The van der Waals surface area contributed by atoms with Crippen LogP contribution in [0.5, 0.6) is 0 Å². The van der Waals surface area contributed by atoms with Gasteiger partial charge in [-0.25, -0.2) is 0 Å². The van der Waals surface area contributed by atoms with Crippen molar-refractivity contribution in [1.29, 1.82) is 0 Å². The minimum absolute atomic E-state index is 0.495. The molecule has 1 aromatic carbocycles. The molecule has 2 N–H and O–H groups in total. The second kappa shape index (κ2) is 4.26. The highest BCUT2D eigenvalue weighted by molar-refractivity contribution is 6.34. The maximum Gasteiger partial charge on any atom is 0.153 e. The van der Waals surface area contributed by atoms with Gasteiger partial charge in [0.2, 0.25) is 0 Å². The normalized spacial score (nSPS) is 19.1. The molecule has 1 aliphatic rings. The van der Waals surface area contributed by atoms with Crippen LogP contribution in [0.15, 0.2) is 28.7 Å². The Labute approximate surface area is 111 Å². The van der Waals surface area contributed by atoms with Crippen LogP contribution in [0.1, 0.15) is 25.5 Å². The zero-order valence-electron chi connectivity index (χ0n) is 10.2. The van der Waals surface area contributed by atoms with Crippen molar-refractivity contribution in [2.45, 2.75) is 31.4 Å². The Morgan fingerprint density at radius 3 is 2.94 bits per heavy atom. The van der Waals surface area contributed by atoms with E-state index in [1.54, 1.807) is 13.0 Å².